The molecule has 2 N–H and O–H groups in total. The minimum atomic E-state index is -0.652. The average Bonchev–Trinajstić information content (AvgIpc) is 2.64. The number of aromatic hydroxyl groups is 1. The van der Waals surface area contributed by atoms with Crippen molar-refractivity contribution in [3.8, 4) is 5.75 Å². The lowest BCUT2D eigenvalue weighted by Crippen LogP contribution is -2.40. The van der Waals surface area contributed by atoms with Gasteiger partial charge in [0.05, 0.1) is 5.56 Å². The van der Waals surface area contributed by atoms with E-state index >= 15 is 0 Å². The molecule has 1 heterocycles. The Morgan fingerprint density at radius 2 is 2.28 bits per heavy atom. The van der Waals surface area contributed by atoms with E-state index in [0.717, 1.165) is 18.2 Å². The van der Waals surface area contributed by atoms with Crippen molar-refractivity contribution in [2.75, 3.05) is 13.6 Å². The zero-order valence-electron chi connectivity index (χ0n) is 9.81. The number of carbonyl (C=O) groups excluding carboxylic acids is 2. The molecule has 6 heteroatoms. The summed E-state index contributed by atoms with van der Waals surface area (Å²) in [5.74, 6) is -1.76. The summed E-state index contributed by atoms with van der Waals surface area (Å²) in [7, 11) is 1.65. The number of likely N-dealkylation sites (N-methyl/N-ethyl adjacent to an activating group) is 1. The third kappa shape index (κ3) is 2.27. The predicted molar refractivity (Wildman–Crippen MR) is 61.6 cm³/mol. The molecule has 0 aliphatic carbocycles. The van der Waals surface area contributed by atoms with Crippen molar-refractivity contribution < 1.29 is 19.1 Å². The first-order valence-corrected chi connectivity index (χ1v) is 5.53. The molecule has 1 aromatic rings. The first-order valence-electron chi connectivity index (χ1n) is 5.53. The first kappa shape index (κ1) is 12.3. The van der Waals surface area contributed by atoms with Gasteiger partial charge in [-0.3, -0.25) is 9.59 Å². The summed E-state index contributed by atoms with van der Waals surface area (Å²) in [6, 6.07) is 2.49. The lowest BCUT2D eigenvalue weighted by molar-refractivity contribution is -0.128. The molecule has 0 bridgehead atoms. The van der Waals surface area contributed by atoms with Crippen LogP contribution in [0.15, 0.2) is 18.2 Å². The van der Waals surface area contributed by atoms with Gasteiger partial charge in [-0.15, -0.1) is 0 Å². The van der Waals surface area contributed by atoms with E-state index in [0.29, 0.717) is 13.0 Å². The molecule has 0 unspecified atom stereocenters. The number of hydrogen-bond donors (Lipinski definition) is 2. The number of halogens is 1. The van der Waals surface area contributed by atoms with Gasteiger partial charge in [0.2, 0.25) is 5.91 Å². The second-order valence-corrected chi connectivity index (χ2v) is 4.24. The lowest BCUT2D eigenvalue weighted by Gasteiger charge is -2.12. The van der Waals surface area contributed by atoms with Crippen molar-refractivity contribution in [3.05, 3.63) is 29.6 Å². The molecule has 1 fully saturated rings. The third-order valence-electron chi connectivity index (χ3n) is 2.94. The van der Waals surface area contributed by atoms with Crippen LogP contribution in [-0.2, 0) is 4.79 Å². The molecule has 18 heavy (non-hydrogen) atoms. The number of carbonyl (C=O) groups is 2. The average molecular weight is 252 g/mol. The van der Waals surface area contributed by atoms with E-state index in [2.05, 4.69) is 5.32 Å². The molecule has 2 rings (SSSR count). The summed E-state index contributed by atoms with van der Waals surface area (Å²) in [6.45, 7) is 0.568. The van der Waals surface area contributed by atoms with E-state index in [4.69, 9.17) is 0 Å². The molecule has 1 atom stereocenters. The minimum Gasteiger partial charge on any atom is -0.507 e. The molecule has 2 amide bonds. The summed E-state index contributed by atoms with van der Waals surface area (Å²) in [5.41, 5.74) is -0.169. The Hall–Kier alpha value is -2.11. The van der Waals surface area contributed by atoms with E-state index in [9.17, 15) is 19.1 Å². The van der Waals surface area contributed by atoms with Crippen LogP contribution in [0.5, 0.6) is 5.75 Å². The van der Waals surface area contributed by atoms with Crippen molar-refractivity contribution >= 4 is 11.8 Å². The van der Waals surface area contributed by atoms with Gasteiger partial charge in [0.1, 0.15) is 17.6 Å². The maximum absolute atomic E-state index is 13.0. The third-order valence-corrected chi connectivity index (χ3v) is 2.94. The Labute approximate surface area is 103 Å². The van der Waals surface area contributed by atoms with Crippen LogP contribution in [0.4, 0.5) is 4.39 Å². The maximum Gasteiger partial charge on any atom is 0.255 e. The predicted octanol–water partition coefficient (Wildman–Crippen LogP) is 0.492. The van der Waals surface area contributed by atoms with Crippen LogP contribution in [0.3, 0.4) is 0 Å². The smallest absolute Gasteiger partial charge is 0.255 e. The van der Waals surface area contributed by atoms with Crippen molar-refractivity contribution in [3.63, 3.8) is 0 Å². The number of benzene rings is 1. The van der Waals surface area contributed by atoms with Crippen LogP contribution in [0.2, 0.25) is 0 Å². The van der Waals surface area contributed by atoms with Gasteiger partial charge < -0.3 is 15.3 Å². The summed E-state index contributed by atoms with van der Waals surface area (Å²) < 4.78 is 13.0. The molecule has 1 aliphatic rings. The molecule has 5 nitrogen and oxygen atoms in total. The van der Waals surface area contributed by atoms with E-state index < -0.39 is 17.8 Å². The lowest BCUT2D eigenvalue weighted by atomic mass is 10.1. The summed E-state index contributed by atoms with van der Waals surface area (Å²) >= 11 is 0. The number of hydrogen-bond acceptors (Lipinski definition) is 3. The number of phenolic OH excluding ortho intramolecular Hbond substituents is 1. The molecule has 0 radical (unpaired) electrons. The first-order chi connectivity index (χ1) is 8.49. The summed E-state index contributed by atoms with van der Waals surface area (Å²) in [5, 5.41) is 12.0. The van der Waals surface area contributed by atoms with Gasteiger partial charge in [-0.2, -0.15) is 0 Å². The Kier molecular flexibility index (Phi) is 3.18. The molecule has 0 spiro atoms. The Bertz CT molecular complexity index is 504. The van der Waals surface area contributed by atoms with Gasteiger partial charge in [-0.25, -0.2) is 4.39 Å². The Morgan fingerprint density at radius 3 is 2.89 bits per heavy atom. The largest absolute Gasteiger partial charge is 0.507 e. The fourth-order valence-electron chi connectivity index (χ4n) is 1.88. The number of phenols is 1. The highest BCUT2D eigenvalue weighted by Crippen LogP contribution is 2.18. The minimum absolute atomic E-state index is 0.169. The van der Waals surface area contributed by atoms with Gasteiger partial charge >= 0.3 is 0 Å². The standard InChI is InChI=1S/C12H13FN2O3/c1-15-5-4-9(12(15)18)14-11(17)8-6-7(13)2-3-10(8)16/h2-3,6,9,16H,4-5H2,1H3,(H,14,17)/t9-/m1/s1. The topological polar surface area (TPSA) is 69.6 Å². The SMILES string of the molecule is CN1CC[C@@H](NC(=O)c2cc(F)ccc2O)C1=O. The number of likely N-dealkylation sites (tertiary alicyclic amines) is 1. The molecule has 96 valence electrons. The van der Waals surface area contributed by atoms with Crippen LogP contribution in [0, 0.1) is 5.82 Å². The number of rotatable bonds is 2. The zero-order chi connectivity index (χ0) is 13.3. The normalized spacial score (nSPS) is 19.1. The highest BCUT2D eigenvalue weighted by molar-refractivity contribution is 5.99. The van der Waals surface area contributed by atoms with Crippen LogP contribution in [0.25, 0.3) is 0 Å². The summed E-state index contributed by atoms with van der Waals surface area (Å²) in [6.07, 6.45) is 0.511. The van der Waals surface area contributed by atoms with Crippen molar-refractivity contribution in [1.29, 1.82) is 0 Å². The highest BCUT2D eigenvalue weighted by atomic mass is 19.1. The second-order valence-electron chi connectivity index (χ2n) is 4.24. The number of nitrogens with zero attached hydrogens (tertiary/aromatic N) is 1. The van der Waals surface area contributed by atoms with E-state index in [1.807, 2.05) is 0 Å². The van der Waals surface area contributed by atoms with Gasteiger partial charge in [0, 0.05) is 13.6 Å². The van der Waals surface area contributed by atoms with Gasteiger partial charge in [-0.1, -0.05) is 0 Å². The van der Waals surface area contributed by atoms with Crippen LogP contribution < -0.4 is 5.32 Å². The molecule has 0 saturated carbocycles. The Balaban J connectivity index is 2.13. The van der Waals surface area contributed by atoms with E-state index in [1.165, 1.54) is 4.90 Å². The van der Waals surface area contributed by atoms with Crippen LogP contribution >= 0.6 is 0 Å². The fraction of sp³-hybridized carbons (Fsp3) is 0.333. The number of amides is 2. The second kappa shape index (κ2) is 4.64. The van der Waals surface area contributed by atoms with Gasteiger partial charge in [-0.05, 0) is 24.6 Å². The van der Waals surface area contributed by atoms with Gasteiger partial charge in [0.15, 0.2) is 0 Å². The zero-order valence-corrected chi connectivity index (χ0v) is 9.81. The van der Waals surface area contributed by atoms with Crippen molar-refractivity contribution in [2.24, 2.45) is 0 Å². The molecule has 1 aromatic carbocycles. The van der Waals surface area contributed by atoms with Gasteiger partial charge in [0.25, 0.3) is 5.91 Å². The maximum atomic E-state index is 13.0. The van der Waals surface area contributed by atoms with Crippen LogP contribution in [0.1, 0.15) is 16.8 Å². The fourth-order valence-corrected chi connectivity index (χ4v) is 1.88. The molecular formula is C12H13FN2O3. The van der Waals surface area contributed by atoms with Crippen molar-refractivity contribution in [1.82, 2.24) is 10.2 Å². The molecule has 1 aliphatic heterocycles. The van der Waals surface area contributed by atoms with E-state index in [-0.39, 0.29) is 17.2 Å². The molecular weight excluding hydrogens is 239 g/mol. The van der Waals surface area contributed by atoms with Crippen molar-refractivity contribution in [2.45, 2.75) is 12.5 Å². The quantitative estimate of drug-likeness (QED) is 0.805. The number of nitrogens with one attached hydrogen (secondary N) is 1. The monoisotopic (exact) mass is 252 g/mol. The van der Waals surface area contributed by atoms with E-state index in [1.54, 1.807) is 7.05 Å². The molecule has 0 aromatic heterocycles. The Morgan fingerprint density at radius 1 is 1.56 bits per heavy atom. The molecule has 1 saturated heterocycles. The summed E-state index contributed by atoms with van der Waals surface area (Å²) in [4.78, 5) is 24.9. The highest BCUT2D eigenvalue weighted by Gasteiger charge is 2.30. The van der Waals surface area contributed by atoms with Crippen LogP contribution in [-0.4, -0.2) is 41.5 Å².